The summed E-state index contributed by atoms with van der Waals surface area (Å²) in [6, 6.07) is 16.9. The van der Waals surface area contributed by atoms with Gasteiger partial charge in [0.25, 0.3) is 0 Å². The number of hydrogen-bond acceptors (Lipinski definition) is 5. The molecule has 1 amide bonds. The summed E-state index contributed by atoms with van der Waals surface area (Å²) in [6.07, 6.45) is 0. The molecule has 0 saturated carbocycles. The van der Waals surface area contributed by atoms with Crippen LogP contribution in [0.1, 0.15) is 10.7 Å². The monoisotopic (exact) mass is 367 g/mol. The number of aromatic nitrogens is 1. The number of carbonyl (C=O) groups excluding carboxylic acids is 1. The van der Waals surface area contributed by atoms with E-state index < -0.39 is 0 Å². The Hall–Kier alpha value is -2.70. The lowest BCUT2D eigenvalue weighted by molar-refractivity contribution is -0.117. The first kappa shape index (κ1) is 18.1. The van der Waals surface area contributed by atoms with Gasteiger partial charge in [0, 0.05) is 23.7 Å². The Morgan fingerprint density at radius 3 is 2.65 bits per heavy atom. The maximum absolute atomic E-state index is 12.3. The van der Waals surface area contributed by atoms with Gasteiger partial charge in [-0.15, -0.1) is 11.3 Å². The number of para-hydroxylation sites is 1. The minimum Gasteiger partial charge on any atom is -0.457 e. The normalized spacial score (nSPS) is 10.7. The standard InChI is InChI=1S/C20H21N3O2S/c1-15-21-17(14-26-15)12-23(2)13-20(24)22-16-7-6-10-19(11-16)25-18-8-4-3-5-9-18/h3-11,14H,12-13H2,1-2H3,(H,22,24). The van der Waals surface area contributed by atoms with Gasteiger partial charge >= 0.3 is 0 Å². The third-order valence-corrected chi connectivity index (χ3v) is 4.43. The largest absolute Gasteiger partial charge is 0.457 e. The molecule has 0 unspecified atom stereocenters. The molecule has 0 aliphatic carbocycles. The summed E-state index contributed by atoms with van der Waals surface area (Å²) in [7, 11) is 1.91. The van der Waals surface area contributed by atoms with Crippen LogP contribution in [0.5, 0.6) is 11.5 Å². The molecule has 0 fully saturated rings. The molecule has 6 heteroatoms. The van der Waals surface area contributed by atoms with Crippen molar-refractivity contribution in [1.29, 1.82) is 0 Å². The van der Waals surface area contributed by atoms with Crippen molar-refractivity contribution in [2.45, 2.75) is 13.5 Å². The van der Waals surface area contributed by atoms with E-state index in [4.69, 9.17) is 4.74 Å². The number of nitrogens with one attached hydrogen (secondary N) is 1. The fourth-order valence-electron chi connectivity index (χ4n) is 2.52. The van der Waals surface area contributed by atoms with Crippen molar-refractivity contribution in [3.63, 3.8) is 0 Å². The van der Waals surface area contributed by atoms with Crippen molar-refractivity contribution in [3.05, 3.63) is 70.7 Å². The van der Waals surface area contributed by atoms with Crippen molar-refractivity contribution >= 4 is 22.9 Å². The zero-order valence-corrected chi connectivity index (χ0v) is 15.6. The smallest absolute Gasteiger partial charge is 0.238 e. The summed E-state index contributed by atoms with van der Waals surface area (Å²) >= 11 is 1.62. The molecular formula is C20H21N3O2S. The van der Waals surface area contributed by atoms with Gasteiger partial charge in [0.05, 0.1) is 17.2 Å². The number of carbonyl (C=O) groups is 1. The van der Waals surface area contributed by atoms with Crippen molar-refractivity contribution in [1.82, 2.24) is 9.88 Å². The molecule has 1 heterocycles. The second kappa shape index (κ2) is 8.60. The molecule has 5 nitrogen and oxygen atoms in total. The third kappa shape index (κ3) is 5.40. The summed E-state index contributed by atoms with van der Waals surface area (Å²) in [5, 5.41) is 5.97. The van der Waals surface area contributed by atoms with E-state index in [0.29, 0.717) is 24.5 Å². The lowest BCUT2D eigenvalue weighted by atomic mass is 10.3. The van der Waals surface area contributed by atoms with Gasteiger partial charge in [-0.05, 0) is 38.2 Å². The van der Waals surface area contributed by atoms with Crippen LogP contribution in [0.2, 0.25) is 0 Å². The highest BCUT2D eigenvalue weighted by Gasteiger charge is 2.10. The molecule has 0 spiro atoms. The lowest BCUT2D eigenvalue weighted by Crippen LogP contribution is -2.29. The molecule has 26 heavy (non-hydrogen) atoms. The van der Waals surface area contributed by atoms with Crippen LogP contribution in [0, 0.1) is 6.92 Å². The zero-order chi connectivity index (χ0) is 18.4. The molecule has 0 atom stereocenters. The van der Waals surface area contributed by atoms with Gasteiger partial charge in [-0.25, -0.2) is 4.98 Å². The van der Waals surface area contributed by atoms with Gasteiger partial charge < -0.3 is 10.1 Å². The summed E-state index contributed by atoms with van der Waals surface area (Å²) in [5.74, 6) is 1.37. The number of likely N-dealkylation sites (N-methyl/N-ethyl adjacent to an activating group) is 1. The maximum atomic E-state index is 12.3. The first-order valence-corrected chi connectivity index (χ1v) is 9.19. The Balaban J connectivity index is 1.54. The zero-order valence-electron chi connectivity index (χ0n) is 14.8. The SMILES string of the molecule is Cc1nc(CN(C)CC(=O)Nc2cccc(Oc3ccccc3)c2)cs1. The Labute approximate surface area is 157 Å². The summed E-state index contributed by atoms with van der Waals surface area (Å²) < 4.78 is 5.79. The summed E-state index contributed by atoms with van der Waals surface area (Å²) in [5.41, 5.74) is 1.70. The summed E-state index contributed by atoms with van der Waals surface area (Å²) in [6.45, 7) is 2.92. The van der Waals surface area contributed by atoms with E-state index in [1.807, 2.05) is 78.8 Å². The molecule has 0 radical (unpaired) electrons. The number of amides is 1. The molecule has 0 aliphatic rings. The predicted molar refractivity (Wildman–Crippen MR) is 105 cm³/mol. The van der Waals surface area contributed by atoms with Crippen LogP contribution in [0.25, 0.3) is 0 Å². The average molecular weight is 367 g/mol. The number of ether oxygens (including phenoxy) is 1. The van der Waals surface area contributed by atoms with Gasteiger partial charge in [-0.3, -0.25) is 9.69 Å². The van der Waals surface area contributed by atoms with E-state index in [9.17, 15) is 4.79 Å². The number of nitrogens with zero attached hydrogens (tertiary/aromatic N) is 2. The Kier molecular flexibility index (Phi) is 5.99. The number of aryl methyl sites for hydroxylation is 1. The molecule has 3 rings (SSSR count). The number of rotatable bonds is 7. The molecule has 134 valence electrons. The Bertz CT molecular complexity index is 864. The van der Waals surface area contributed by atoms with E-state index in [1.165, 1.54) is 0 Å². The second-order valence-corrected chi connectivity index (χ2v) is 7.08. The molecule has 0 bridgehead atoms. The van der Waals surface area contributed by atoms with Gasteiger partial charge in [0.15, 0.2) is 0 Å². The number of thiazole rings is 1. The molecule has 2 aromatic carbocycles. The van der Waals surface area contributed by atoms with Crippen LogP contribution in [-0.4, -0.2) is 29.4 Å². The van der Waals surface area contributed by atoms with E-state index in [2.05, 4.69) is 10.3 Å². The topological polar surface area (TPSA) is 54.5 Å². The van der Waals surface area contributed by atoms with Crippen LogP contribution in [0.4, 0.5) is 5.69 Å². The van der Waals surface area contributed by atoms with Crippen LogP contribution in [0.15, 0.2) is 60.0 Å². The molecular weight excluding hydrogens is 346 g/mol. The van der Waals surface area contributed by atoms with Gasteiger partial charge in [-0.1, -0.05) is 24.3 Å². The van der Waals surface area contributed by atoms with E-state index in [0.717, 1.165) is 16.5 Å². The second-order valence-electron chi connectivity index (χ2n) is 6.02. The number of hydrogen-bond donors (Lipinski definition) is 1. The van der Waals surface area contributed by atoms with Crippen LogP contribution in [-0.2, 0) is 11.3 Å². The fourth-order valence-corrected chi connectivity index (χ4v) is 3.12. The van der Waals surface area contributed by atoms with E-state index >= 15 is 0 Å². The van der Waals surface area contributed by atoms with Crippen LogP contribution < -0.4 is 10.1 Å². The van der Waals surface area contributed by atoms with E-state index in [1.54, 1.807) is 11.3 Å². The van der Waals surface area contributed by atoms with Crippen LogP contribution in [0.3, 0.4) is 0 Å². The lowest BCUT2D eigenvalue weighted by Gasteiger charge is -2.15. The van der Waals surface area contributed by atoms with Crippen molar-refractivity contribution in [2.75, 3.05) is 18.9 Å². The van der Waals surface area contributed by atoms with Crippen molar-refractivity contribution < 1.29 is 9.53 Å². The molecule has 3 aromatic rings. The molecule has 0 aliphatic heterocycles. The highest BCUT2D eigenvalue weighted by atomic mass is 32.1. The molecule has 1 N–H and O–H groups in total. The summed E-state index contributed by atoms with van der Waals surface area (Å²) in [4.78, 5) is 18.6. The Morgan fingerprint density at radius 1 is 1.15 bits per heavy atom. The minimum atomic E-state index is -0.0729. The van der Waals surface area contributed by atoms with Crippen LogP contribution >= 0.6 is 11.3 Å². The third-order valence-electron chi connectivity index (χ3n) is 3.61. The Morgan fingerprint density at radius 2 is 1.92 bits per heavy atom. The average Bonchev–Trinajstić information content (AvgIpc) is 3.00. The number of benzene rings is 2. The maximum Gasteiger partial charge on any atom is 0.238 e. The van der Waals surface area contributed by atoms with Gasteiger partial charge in [0.1, 0.15) is 11.5 Å². The molecule has 1 aromatic heterocycles. The van der Waals surface area contributed by atoms with Gasteiger partial charge in [0.2, 0.25) is 5.91 Å². The number of anilines is 1. The fraction of sp³-hybridized carbons (Fsp3) is 0.200. The van der Waals surface area contributed by atoms with Gasteiger partial charge in [-0.2, -0.15) is 0 Å². The highest BCUT2D eigenvalue weighted by Crippen LogP contribution is 2.23. The van der Waals surface area contributed by atoms with E-state index in [-0.39, 0.29) is 5.91 Å². The van der Waals surface area contributed by atoms with Crippen molar-refractivity contribution in [2.24, 2.45) is 0 Å². The minimum absolute atomic E-state index is 0.0729. The predicted octanol–water partition coefficient (Wildman–Crippen LogP) is 4.31. The quantitative estimate of drug-likeness (QED) is 0.676. The first-order valence-electron chi connectivity index (χ1n) is 8.31. The highest BCUT2D eigenvalue weighted by molar-refractivity contribution is 7.09. The van der Waals surface area contributed by atoms with Crippen molar-refractivity contribution in [3.8, 4) is 11.5 Å². The first-order chi connectivity index (χ1) is 12.6. The molecule has 0 saturated heterocycles.